The molecule has 1 aliphatic rings. The van der Waals surface area contributed by atoms with Gasteiger partial charge in [-0.2, -0.15) is 4.31 Å². The van der Waals surface area contributed by atoms with Crippen LogP contribution >= 0.6 is 11.6 Å². The molecule has 0 spiro atoms. The molecule has 0 aromatic heterocycles. The first kappa shape index (κ1) is 25.3. The Balaban J connectivity index is 1.52. The quantitative estimate of drug-likeness (QED) is 0.546. The Morgan fingerprint density at radius 3 is 2.52 bits per heavy atom. The van der Waals surface area contributed by atoms with E-state index in [1.165, 1.54) is 4.31 Å². The molecule has 0 saturated carbocycles. The maximum Gasteiger partial charge on any atom is 0.243 e. The number of aryl methyl sites for hydroxylation is 1. The molecule has 1 atom stereocenters. The molecule has 2 aromatic carbocycles. The van der Waals surface area contributed by atoms with Crippen LogP contribution < -0.4 is 15.0 Å². The molecular formula is C24H32ClN3O4S. The summed E-state index contributed by atoms with van der Waals surface area (Å²) in [5, 5.41) is 3.76. The molecule has 0 aliphatic carbocycles. The Bertz CT molecular complexity index is 1060. The van der Waals surface area contributed by atoms with Crippen molar-refractivity contribution in [2.75, 3.05) is 38.2 Å². The van der Waals surface area contributed by atoms with Crippen molar-refractivity contribution in [3.63, 3.8) is 0 Å². The number of hydrogen-bond acceptors (Lipinski definition) is 5. The summed E-state index contributed by atoms with van der Waals surface area (Å²) >= 11 is 6.15. The van der Waals surface area contributed by atoms with Crippen LogP contribution in [0, 0.1) is 0 Å². The van der Waals surface area contributed by atoms with E-state index in [9.17, 15) is 13.2 Å². The molecule has 1 heterocycles. The lowest BCUT2D eigenvalue weighted by molar-refractivity contribution is -0.121. The second-order valence-corrected chi connectivity index (χ2v) is 10.4. The van der Waals surface area contributed by atoms with Crippen molar-refractivity contribution in [3.8, 4) is 5.75 Å². The highest BCUT2D eigenvalue weighted by Gasteiger charge is 2.26. The van der Waals surface area contributed by atoms with Crippen LogP contribution in [0.25, 0.3) is 0 Å². The van der Waals surface area contributed by atoms with E-state index >= 15 is 0 Å². The van der Waals surface area contributed by atoms with E-state index in [1.54, 1.807) is 37.4 Å². The molecule has 7 nitrogen and oxygen atoms in total. The minimum absolute atomic E-state index is 0.0141. The van der Waals surface area contributed by atoms with Gasteiger partial charge in [0, 0.05) is 43.7 Å². The summed E-state index contributed by atoms with van der Waals surface area (Å²) in [6.07, 6.45) is 1.74. The minimum atomic E-state index is -3.47. The summed E-state index contributed by atoms with van der Waals surface area (Å²) in [6.45, 7) is 6.02. The number of amides is 1. The molecule has 0 bridgehead atoms. The molecule has 2 aromatic rings. The van der Waals surface area contributed by atoms with Crippen molar-refractivity contribution in [1.29, 1.82) is 0 Å². The number of sulfonamides is 1. The predicted octanol–water partition coefficient (Wildman–Crippen LogP) is 3.71. The second kappa shape index (κ2) is 11.2. The first-order valence-electron chi connectivity index (χ1n) is 11.2. The molecule has 0 radical (unpaired) electrons. The van der Waals surface area contributed by atoms with E-state index in [0.717, 1.165) is 30.0 Å². The average molecular weight is 494 g/mol. The maximum atomic E-state index is 12.6. The lowest BCUT2D eigenvalue weighted by Gasteiger charge is -2.21. The molecule has 1 unspecified atom stereocenters. The van der Waals surface area contributed by atoms with Crippen LogP contribution in [0.1, 0.15) is 32.3 Å². The normalized spacial score (nSPS) is 16.3. The summed E-state index contributed by atoms with van der Waals surface area (Å²) in [6, 6.07) is 12.4. The van der Waals surface area contributed by atoms with Crippen LogP contribution in [0.2, 0.25) is 5.02 Å². The number of hydrogen-bond donors (Lipinski definition) is 1. The zero-order valence-corrected chi connectivity index (χ0v) is 21.0. The average Bonchev–Trinajstić information content (AvgIpc) is 3.27. The monoisotopic (exact) mass is 493 g/mol. The van der Waals surface area contributed by atoms with Gasteiger partial charge in [0.25, 0.3) is 0 Å². The summed E-state index contributed by atoms with van der Waals surface area (Å²) in [4.78, 5) is 15.0. The van der Waals surface area contributed by atoms with Crippen LogP contribution in [-0.2, 0) is 21.2 Å². The Kier molecular flexibility index (Phi) is 8.62. The number of benzene rings is 2. The lowest BCUT2D eigenvalue weighted by atomic mass is 10.1. The molecule has 1 N–H and O–H groups in total. The first-order chi connectivity index (χ1) is 15.8. The molecule has 180 valence electrons. The molecule has 1 amide bonds. The number of nitrogens with zero attached hydrogens (tertiary/aromatic N) is 2. The highest BCUT2D eigenvalue weighted by atomic mass is 35.5. The number of methoxy groups -OCH3 is 1. The van der Waals surface area contributed by atoms with Gasteiger partial charge in [-0.15, -0.1) is 0 Å². The third-order valence-corrected chi connectivity index (χ3v) is 8.24. The summed E-state index contributed by atoms with van der Waals surface area (Å²) in [5.41, 5.74) is 1.86. The van der Waals surface area contributed by atoms with Gasteiger partial charge in [0.2, 0.25) is 15.9 Å². The largest absolute Gasteiger partial charge is 0.495 e. The van der Waals surface area contributed by atoms with E-state index in [1.807, 2.05) is 26.0 Å². The van der Waals surface area contributed by atoms with Crippen molar-refractivity contribution in [1.82, 2.24) is 9.62 Å². The van der Waals surface area contributed by atoms with Gasteiger partial charge in [-0.25, -0.2) is 8.42 Å². The zero-order valence-electron chi connectivity index (χ0n) is 19.4. The molecule has 9 heteroatoms. The summed E-state index contributed by atoms with van der Waals surface area (Å²) in [7, 11) is -1.84. The minimum Gasteiger partial charge on any atom is -0.495 e. The fourth-order valence-corrected chi connectivity index (χ4v) is 5.73. The first-order valence-corrected chi connectivity index (χ1v) is 13.1. The van der Waals surface area contributed by atoms with Gasteiger partial charge < -0.3 is 15.0 Å². The number of nitrogens with one attached hydrogen (secondary N) is 1. The second-order valence-electron chi connectivity index (χ2n) is 8.05. The van der Waals surface area contributed by atoms with Crippen molar-refractivity contribution in [2.24, 2.45) is 0 Å². The Labute approximate surface area is 201 Å². The highest BCUT2D eigenvalue weighted by molar-refractivity contribution is 7.89. The molecule has 33 heavy (non-hydrogen) atoms. The number of carbonyl (C=O) groups is 1. The van der Waals surface area contributed by atoms with Crippen molar-refractivity contribution in [2.45, 2.75) is 44.0 Å². The standard InChI is InChI=1S/C24H32ClN3O4S/c1-4-28(5-2)33(30,31)21-10-6-18(7-11-21)8-13-24(29)26-20-14-15-27(17-20)22-16-19(25)9-12-23(22)32-3/h6-7,9-12,16,20H,4-5,8,13-15,17H2,1-3H3,(H,26,29). The predicted molar refractivity (Wildman–Crippen MR) is 132 cm³/mol. The molecule has 3 rings (SSSR count). The Morgan fingerprint density at radius 1 is 1.18 bits per heavy atom. The molecular weight excluding hydrogens is 462 g/mol. The van der Waals surface area contributed by atoms with Crippen molar-refractivity contribution < 1.29 is 17.9 Å². The van der Waals surface area contributed by atoms with Gasteiger partial charge >= 0.3 is 0 Å². The van der Waals surface area contributed by atoms with Gasteiger partial charge in [0.15, 0.2) is 0 Å². The van der Waals surface area contributed by atoms with E-state index in [0.29, 0.717) is 37.5 Å². The number of anilines is 1. The van der Waals surface area contributed by atoms with Crippen LogP contribution in [0.3, 0.4) is 0 Å². The van der Waals surface area contributed by atoms with Crippen LogP contribution in [0.4, 0.5) is 5.69 Å². The van der Waals surface area contributed by atoms with E-state index in [4.69, 9.17) is 16.3 Å². The number of rotatable bonds is 10. The fourth-order valence-electron chi connectivity index (χ4n) is 4.11. The summed E-state index contributed by atoms with van der Waals surface area (Å²) in [5.74, 6) is 0.748. The van der Waals surface area contributed by atoms with E-state index < -0.39 is 10.0 Å². The van der Waals surface area contributed by atoms with Crippen LogP contribution in [0.5, 0.6) is 5.75 Å². The van der Waals surface area contributed by atoms with Gasteiger partial charge in [0.05, 0.1) is 17.7 Å². The molecule has 1 fully saturated rings. The molecule has 1 aliphatic heterocycles. The number of carbonyl (C=O) groups excluding carboxylic acids is 1. The lowest BCUT2D eigenvalue weighted by Crippen LogP contribution is -2.37. The highest BCUT2D eigenvalue weighted by Crippen LogP contribution is 2.33. The van der Waals surface area contributed by atoms with Crippen molar-refractivity contribution >= 4 is 33.2 Å². The van der Waals surface area contributed by atoms with Gasteiger partial charge in [-0.05, 0) is 48.7 Å². The van der Waals surface area contributed by atoms with Gasteiger partial charge in [-0.1, -0.05) is 37.6 Å². The van der Waals surface area contributed by atoms with Gasteiger partial charge in [0.1, 0.15) is 5.75 Å². The summed E-state index contributed by atoms with van der Waals surface area (Å²) < 4.78 is 32.1. The SMILES string of the molecule is CCN(CC)S(=O)(=O)c1ccc(CCC(=O)NC2CCN(c3cc(Cl)ccc3OC)C2)cc1. The van der Waals surface area contributed by atoms with E-state index in [-0.39, 0.29) is 16.8 Å². The fraction of sp³-hybridized carbons (Fsp3) is 0.458. The number of halogens is 1. The number of ether oxygens (including phenoxy) is 1. The van der Waals surface area contributed by atoms with Crippen LogP contribution in [0.15, 0.2) is 47.4 Å². The molecule has 1 saturated heterocycles. The third-order valence-electron chi connectivity index (χ3n) is 5.94. The Hall–Kier alpha value is -2.29. The zero-order chi connectivity index (χ0) is 24.0. The smallest absolute Gasteiger partial charge is 0.243 e. The van der Waals surface area contributed by atoms with Crippen LogP contribution in [-0.4, -0.2) is 58.0 Å². The van der Waals surface area contributed by atoms with Crippen molar-refractivity contribution in [3.05, 3.63) is 53.1 Å². The topological polar surface area (TPSA) is 79.0 Å². The maximum absolute atomic E-state index is 12.6. The third kappa shape index (κ3) is 6.19. The van der Waals surface area contributed by atoms with E-state index in [2.05, 4.69) is 10.2 Å². The Morgan fingerprint density at radius 2 is 1.88 bits per heavy atom. The van der Waals surface area contributed by atoms with Gasteiger partial charge in [-0.3, -0.25) is 4.79 Å².